The Hall–Kier alpha value is -2.77. The van der Waals surface area contributed by atoms with Crippen LogP contribution >= 0.6 is 11.3 Å². The van der Waals surface area contributed by atoms with Gasteiger partial charge in [-0.25, -0.2) is 9.50 Å². The lowest BCUT2D eigenvalue weighted by Crippen LogP contribution is -2.23. The number of likely N-dealkylation sites (tertiary alicyclic amines) is 1. The van der Waals surface area contributed by atoms with E-state index in [9.17, 15) is 0 Å². The highest BCUT2D eigenvalue weighted by atomic mass is 32.1. The third-order valence-electron chi connectivity index (χ3n) is 5.34. The molecule has 0 N–H and O–H groups in total. The van der Waals surface area contributed by atoms with Crippen molar-refractivity contribution in [2.75, 3.05) is 13.7 Å². The number of nitrogens with zero attached hydrogens (tertiary/aromatic N) is 5. The summed E-state index contributed by atoms with van der Waals surface area (Å²) in [5.74, 6) is 0.848. The minimum Gasteiger partial charge on any atom is -0.497 e. The van der Waals surface area contributed by atoms with Crippen molar-refractivity contribution in [1.29, 1.82) is 0 Å². The zero-order valence-corrected chi connectivity index (χ0v) is 16.5. The van der Waals surface area contributed by atoms with Gasteiger partial charge in [-0.15, -0.1) is 16.4 Å². The number of thiazole rings is 1. The molecule has 0 bridgehead atoms. The topological polar surface area (TPSA) is 55.5 Å². The number of ether oxygens (including phenoxy) is 1. The minimum absolute atomic E-state index is 0.295. The predicted molar refractivity (Wildman–Crippen MR) is 109 cm³/mol. The van der Waals surface area contributed by atoms with Crippen LogP contribution in [0.2, 0.25) is 0 Å². The van der Waals surface area contributed by atoms with Crippen molar-refractivity contribution < 1.29 is 4.74 Å². The molecule has 0 saturated carbocycles. The lowest BCUT2D eigenvalue weighted by atomic mass is 10.1. The number of hydrogen-bond acceptors (Lipinski definition) is 6. The average Bonchev–Trinajstić information content (AvgIpc) is 3.48. The lowest BCUT2D eigenvalue weighted by Gasteiger charge is -2.21. The molecule has 1 fully saturated rings. The monoisotopic (exact) mass is 391 g/mol. The maximum Gasteiger partial charge on any atom is 0.119 e. The largest absolute Gasteiger partial charge is 0.497 e. The van der Waals surface area contributed by atoms with Crippen LogP contribution in [0.15, 0.2) is 54.2 Å². The first-order chi connectivity index (χ1) is 13.8. The average molecular weight is 391 g/mol. The summed E-state index contributed by atoms with van der Waals surface area (Å²) < 4.78 is 7.24. The van der Waals surface area contributed by atoms with Gasteiger partial charge in [-0.2, -0.15) is 0 Å². The molecular weight excluding hydrogens is 370 g/mol. The van der Waals surface area contributed by atoms with Gasteiger partial charge in [0.05, 0.1) is 25.2 Å². The second-order valence-corrected chi connectivity index (χ2v) is 7.99. The third-order valence-corrected chi connectivity index (χ3v) is 6.11. The molecule has 7 heteroatoms. The van der Waals surface area contributed by atoms with E-state index in [-0.39, 0.29) is 0 Å². The summed E-state index contributed by atoms with van der Waals surface area (Å²) >= 11 is 1.71. The summed E-state index contributed by atoms with van der Waals surface area (Å²) in [4.78, 5) is 6.91. The molecular formula is C21H21N5OS. The highest BCUT2D eigenvalue weighted by Crippen LogP contribution is 2.35. The van der Waals surface area contributed by atoms with Crippen molar-refractivity contribution in [3.63, 3.8) is 0 Å². The molecule has 1 saturated heterocycles. The fraction of sp³-hybridized carbons (Fsp3) is 0.286. The van der Waals surface area contributed by atoms with Crippen LogP contribution in [0.3, 0.4) is 0 Å². The van der Waals surface area contributed by atoms with Gasteiger partial charge in [-0.1, -0.05) is 23.4 Å². The highest BCUT2D eigenvalue weighted by Gasteiger charge is 2.30. The highest BCUT2D eigenvalue weighted by molar-refractivity contribution is 7.09. The van der Waals surface area contributed by atoms with Crippen molar-refractivity contribution >= 4 is 16.9 Å². The number of benzene rings is 1. The van der Waals surface area contributed by atoms with E-state index in [1.807, 2.05) is 40.5 Å². The predicted octanol–water partition coefficient (Wildman–Crippen LogP) is 4.20. The van der Waals surface area contributed by atoms with Crippen molar-refractivity contribution in [2.24, 2.45) is 0 Å². The fourth-order valence-corrected chi connectivity index (χ4v) is 4.60. The molecule has 0 radical (unpaired) electrons. The lowest BCUT2D eigenvalue weighted by molar-refractivity contribution is 0.245. The smallest absolute Gasteiger partial charge is 0.119 e. The Bertz CT molecular complexity index is 1090. The summed E-state index contributed by atoms with van der Waals surface area (Å²) in [5, 5.41) is 12.2. The van der Waals surface area contributed by atoms with Crippen LogP contribution in [0.1, 0.15) is 29.6 Å². The second kappa shape index (κ2) is 7.33. The van der Waals surface area contributed by atoms with E-state index < -0.39 is 0 Å². The van der Waals surface area contributed by atoms with Crippen LogP contribution < -0.4 is 4.74 Å². The molecule has 1 unspecified atom stereocenters. The number of fused-ring (bicyclic) bond motifs is 1. The molecule has 5 rings (SSSR count). The van der Waals surface area contributed by atoms with Crippen LogP contribution in [-0.2, 0) is 6.54 Å². The molecule has 142 valence electrons. The summed E-state index contributed by atoms with van der Waals surface area (Å²) in [5.41, 5.74) is 4.33. The molecule has 1 aliphatic heterocycles. The maximum atomic E-state index is 5.35. The molecule has 1 aromatic carbocycles. The van der Waals surface area contributed by atoms with Crippen LogP contribution in [0.5, 0.6) is 5.75 Å². The first kappa shape index (κ1) is 17.3. The van der Waals surface area contributed by atoms with E-state index in [0.717, 1.165) is 52.6 Å². The summed E-state index contributed by atoms with van der Waals surface area (Å²) in [6.07, 6.45) is 6.20. The van der Waals surface area contributed by atoms with Crippen molar-refractivity contribution in [3.05, 3.63) is 64.9 Å². The normalized spacial score (nSPS) is 17.4. The molecule has 1 aliphatic rings. The van der Waals surface area contributed by atoms with Gasteiger partial charge in [0.1, 0.15) is 16.5 Å². The Kier molecular flexibility index (Phi) is 4.54. The molecule has 0 amide bonds. The first-order valence-electron chi connectivity index (χ1n) is 9.43. The van der Waals surface area contributed by atoms with Gasteiger partial charge in [0.15, 0.2) is 0 Å². The zero-order valence-electron chi connectivity index (χ0n) is 15.7. The van der Waals surface area contributed by atoms with E-state index in [1.54, 1.807) is 18.4 Å². The van der Waals surface area contributed by atoms with Gasteiger partial charge in [0.25, 0.3) is 0 Å². The Morgan fingerprint density at radius 2 is 2.18 bits per heavy atom. The second-order valence-electron chi connectivity index (χ2n) is 7.01. The molecule has 0 aliphatic carbocycles. The molecule has 0 spiro atoms. The van der Waals surface area contributed by atoms with Crippen LogP contribution in [0.25, 0.3) is 16.6 Å². The first-order valence-corrected chi connectivity index (χ1v) is 10.3. The van der Waals surface area contributed by atoms with Gasteiger partial charge in [0.2, 0.25) is 0 Å². The number of pyridine rings is 1. The standard InChI is InChI=1S/C21H21N5OS/c1-27-17-5-2-4-15(12-17)16-7-8-19-21(23-24-26(19)13-16)18-6-3-10-25(18)14-20-22-9-11-28-20/h2,4-5,7-9,11-13,18H,3,6,10,14H2,1H3. The SMILES string of the molecule is COc1cccc(-c2ccc3c(C4CCCN4Cc4nccs4)nnn3c2)c1. The Morgan fingerprint density at radius 3 is 3.04 bits per heavy atom. The van der Waals surface area contributed by atoms with Gasteiger partial charge in [0, 0.05) is 23.3 Å². The molecule has 6 nitrogen and oxygen atoms in total. The van der Waals surface area contributed by atoms with Crippen molar-refractivity contribution in [1.82, 2.24) is 24.7 Å². The summed E-state index contributed by atoms with van der Waals surface area (Å²) in [6, 6.07) is 12.6. The van der Waals surface area contributed by atoms with Crippen LogP contribution in [0.4, 0.5) is 0 Å². The third kappa shape index (κ3) is 3.16. The molecule has 4 aromatic rings. The Balaban J connectivity index is 1.46. The number of aromatic nitrogens is 4. The quantitative estimate of drug-likeness (QED) is 0.510. The summed E-state index contributed by atoms with van der Waals surface area (Å²) in [7, 11) is 1.69. The Morgan fingerprint density at radius 1 is 1.21 bits per heavy atom. The molecule has 3 aromatic heterocycles. The zero-order chi connectivity index (χ0) is 18.9. The Labute approximate surface area is 167 Å². The number of methoxy groups -OCH3 is 1. The molecule has 4 heterocycles. The summed E-state index contributed by atoms with van der Waals surface area (Å²) in [6.45, 7) is 1.95. The fourth-order valence-electron chi connectivity index (χ4n) is 3.95. The van der Waals surface area contributed by atoms with Crippen molar-refractivity contribution in [3.8, 4) is 16.9 Å². The maximum absolute atomic E-state index is 5.35. The molecule has 1 atom stereocenters. The minimum atomic E-state index is 0.295. The van der Waals surface area contributed by atoms with Gasteiger partial charge in [-0.05, 0) is 43.1 Å². The van der Waals surface area contributed by atoms with E-state index >= 15 is 0 Å². The number of rotatable bonds is 5. The van der Waals surface area contributed by atoms with Crippen molar-refractivity contribution in [2.45, 2.75) is 25.4 Å². The van der Waals surface area contributed by atoms with E-state index in [1.165, 1.54) is 6.42 Å². The van der Waals surface area contributed by atoms with E-state index in [0.29, 0.717) is 6.04 Å². The van der Waals surface area contributed by atoms with Gasteiger partial charge in [-0.3, -0.25) is 4.90 Å². The van der Waals surface area contributed by atoms with Gasteiger partial charge >= 0.3 is 0 Å². The van der Waals surface area contributed by atoms with Crippen LogP contribution in [0, 0.1) is 0 Å². The number of hydrogen-bond donors (Lipinski definition) is 0. The van der Waals surface area contributed by atoms with E-state index in [4.69, 9.17) is 4.74 Å². The van der Waals surface area contributed by atoms with Gasteiger partial charge < -0.3 is 4.74 Å². The van der Waals surface area contributed by atoms with E-state index in [2.05, 4.69) is 38.4 Å². The molecule has 28 heavy (non-hydrogen) atoms. The van der Waals surface area contributed by atoms with Crippen LogP contribution in [-0.4, -0.2) is 38.4 Å².